The molecule has 0 amide bonds. The van der Waals surface area contributed by atoms with Gasteiger partial charge in [0.2, 0.25) is 5.89 Å². The third kappa shape index (κ3) is 2.41. The maximum absolute atomic E-state index is 9.24. The fraction of sp³-hybridized carbons (Fsp3) is 0.818. The lowest BCUT2D eigenvalue weighted by Gasteiger charge is -2.18. The minimum Gasteiger partial charge on any atom is -0.393 e. The van der Waals surface area contributed by atoms with Crippen molar-refractivity contribution in [1.29, 1.82) is 0 Å². The molecule has 5 nitrogen and oxygen atoms in total. The second-order valence-corrected chi connectivity index (χ2v) is 4.39. The molecule has 0 aliphatic carbocycles. The van der Waals surface area contributed by atoms with Crippen LogP contribution in [0.5, 0.6) is 0 Å². The summed E-state index contributed by atoms with van der Waals surface area (Å²) in [4.78, 5) is 6.71. The highest BCUT2D eigenvalue weighted by Gasteiger charge is 2.28. The number of hydrogen-bond acceptors (Lipinski definition) is 5. The largest absolute Gasteiger partial charge is 0.393 e. The third-order valence-corrected chi connectivity index (χ3v) is 3.02. The number of aliphatic hydroxyl groups excluding tert-OH is 1. The van der Waals surface area contributed by atoms with Crippen LogP contribution < -0.4 is 0 Å². The summed E-state index contributed by atoms with van der Waals surface area (Å²) in [6, 6.07) is 0.302. The van der Waals surface area contributed by atoms with Crippen LogP contribution in [0.15, 0.2) is 4.52 Å². The van der Waals surface area contributed by atoms with Crippen molar-refractivity contribution in [3.63, 3.8) is 0 Å². The van der Waals surface area contributed by atoms with E-state index in [0.717, 1.165) is 25.3 Å². The van der Waals surface area contributed by atoms with E-state index in [1.807, 2.05) is 0 Å². The van der Waals surface area contributed by atoms with E-state index >= 15 is 0 Å². The Balaban J connectivity index is 2.06. The highest BCUT2D eigenvalue weighted by molar-refractivity contribution is 4.98. The second-order valence-electron chi connectivity index (χ2n) is 4.39. The van der Waals surface area contributed by atoms with Crippen LogP contribution >= 0.6 is 0 Å². The normalized spacial score (nSPS) is 23.8. The molecular formula is C11H19N3O2. The van der Waals surface area contributed by atoms with E-state index in [2.05, 4.69) is 22.0 Å². The predicted octanol–water partition coefficient (Wildman–Crippen LogP) is 1.15. The van der Waals surface area contributed by atoms with E-state index in [4.69, 9.17) is 4.52 Å². The molecule has 2 unspecified atom stereocenters. The van der Waals surface area contributed by atoms with Crippen LogP contribution in [-0.2, 0) is 6.42 Å². The Bertz CT molecular complexity index is 338. The van der Waals surface area contributed by atoms with Crippen LogP contribution in [0.4, 0.5) is 0 Å². The molecule has 1 aromatic heterocycles. The monoisotopic (exact) mass is 225 g/mol. The summed E-state index contributed by atoms with van der Waals surface area (Å²) in [6.07, 6.45) is 2.30. The van der Waals surface area contributed by atoms with E-state index in [9.17, 15) is 5.11 Å². The van der Waals surface area contributed by atoms with Crippen molar-refractivity contribution in [1.82, 2.24) is 15.0 Å². The van der Waals surface area contributed by atoms with Gasteiger partial charge in [0.15, 0.2) is 5.82 Å². The highest BCUT2D eigenvalue weighted by Crippen LogP contribution is 2.29. The molecule has 2 heterocycles. The van der Waals surface area contributed by atoms with Crippen molar-refractivity contribution in [3.05, 3.63) is 11.7 Å². The van der Waals surface area contributed by atoms with Crippen LogP contribution in [0.3, 0.4) is 0 Å². The molecule has 1 aliphatic rings. The van der Waals surface area contributed by atoms with Gasteiger partial charge in [-0.1, -0.05) is 12.1 Å². The van der Waals surface area contributed by atoms with Crippen LogP contribution in [0.1, 0.15) is 44.4 Å². The van der Waals surface area contributed by atoms with Crippen LogP contribution in [0.25, 0.3) is 0 Å². The van der Waals surface area contributed by atoms with Gasteiger partial charge in [0.1, 0.15) is 0 Å². The zero-order valence-electron chi connectivity index (χ0n) is 9.89. The molecule has 2 atom stereocenters. The van der Waals surface area contributed by atoms with E-state index in [0.29, 0.717) is 18.4 Å². The lowest BCUT2D eigenvalue weighted by atomic mass is 10.2. The SMILES string of the molecule is CCN1CCCC1c1noc(CC(C)O)n1. The number of hydrogen-bond donors (Lipinski definition) is 1. The standard InChI is InChI=1S/C11H19N3O2/c1-3-14-6-4-5-9(14)11-12-10(16-13-11)7-8(2)15/h8-9,15H,3-7H2,1-2H3. The van der Waals surface area contributed by atoms with Gasteiger partial charge in [-0.25, -0.2) is 0 Å². The molecule has 0 spiro atoms. The molecule has 1 saturated heterocycles. The van der Waals surface area contributed by atoms with Gasteiger partial charge < -0.3 is 9.63 Å². The quantitative estimate of drug-likeness (QED) is 0.832. The molecule has 16 heavy (non-hydrogen) atoms. The highest BCUT2D eigenvalue weighted by atomic mass is 16.5. The van der Waals surface area contributed by atoms with Crippen molar-refractivity contribution < 1.29 is 9.63 Å². The fourth-order valence-corrected chi connectivity index (χ4v) is 2.24. The summed E-state index contributed by atoms with van der Waals surface area (Å²) in [5, 5.41) is 13.3. The Morgan fingerprint density at radius 2 is 2.44 bits per heavy atom. The average molecular weight is 225 g/mol. The lowest BCUT2D eigenvalue weighted by molar-refractivity contribution is 0.181. The molecule has 0 aromatic carbocycles. The topological polar surface area (TPSA) is 62.4 Å². The van der Waals surface area contributed by atoms with Crippen molar-refractivity contribution in [2.24, 2.45) is 0 Å². The van der Waals surface area contributed by atoms with Gasteiger partial charge in [0.25, 0.3) is 0 Å². The molecular weight excluding hydrogens is 206 g/mol. The van der Waals surface area contributed by atoms with Crippen molar-refractivity contribution in [3.8, 4) is 0 Å². The maximum Gasteiger partial charge on any atom is 0.229 e. The average Bonchev–Trinajstić information content (AvgIpc) is 2.83. The maximum atomic E-state index is 9.24. The summed E-state index contributed by atoms with van der Waals surface area (Å²) in [6.45, 7) is 6.00. The molecule has 0 radical (unpaired) electrons. The van der Waals surface area contributed by atoms with Gasteiger partial charge in [-0.15, -0.1) is 0 Å². The predicted molar refractivity (Wildman–Crippen MR) is 58.9 cm³/mol. The third-order valence-electron chi connectivity index (χ3n) is 3.02. The zero-order chi connectivity index (χ0) is 11.5. The summed E-state index contributed by atoms with van der Waals surface area (Å²) in [7, 11) is 0. The minimum atomic E-state index is -0.431. The summed E-state index contributed by atoms with van der Waals surface area (Å²) in [5.41, 5.74) is 0. The first kappa shape index (κ1) is 11.5. The summed E-state index contributed by atoms with van der Waals surface area (Å²) in [5.74, 6) is 1.31. The number of aliphatic hydroxyl groups is 1. The molecule has 0 bridgehead atoms. The minimum absolute atomic E-state index is 0.302. The molecule has 2 rings (SSSR count). The number of likely N-dealkylation sites (tertiary alicyclic amines) is 1. The summed E-state index contributed by atoms with van der Waals surface area (Å²) < 4.78 is 5.13. The van der Waals surface area contributed by atoms with Gasteiger partial charge >= 0.3 is 0 Å². The van der Waals surface area contributed by atoms with Crippen LogP contribution in [-0.4, -0.2) is 39.3 Å². The molecule has 0 saturated carbocycles. The fourth-order valence-electron chi connectivity index (χ4n) is 2.24. The first-order valence-corrected chi connectivity index (χ1v) is 5.95. The van der Waals surface area contributed by atoms with Crippen molar-refractivity contribution >= 4 is 0 Å². The van der Waals surface area contributed by atoms with Gasteiger partial charge in [-0.3, -0.25) is 4.90 Å². The summed E-state index contributed by atoms with van der Waals surface area (Å²) >= 11 is 0. The zero-order valence-corrected chi connectivity index (χ0v) is 9.89. The Morgan fingerprint density at radius 3 is 3.12 bits per heavy atom. The van der Waals surface area contributed by atoms with E-state index in [1.165, 1.54) is 6.42 Å². The van der Waals surface area contributed by atoms with Gasteiger partial charge in [0, 0.05) is 0 Å². The van der Waals surface area contributed by atoms with Gasteiger partial charge in [-0.05, 0) is 32.9 Å². The Labute approximate surface area is 95.4 Å². The van der Waals surface area contributed by atoms with Gasteiger partial charge in [0.05, 0.1) is 18.6 Å². The van der Waals surface area contributed by atoms with E-state index < -0.39 is 6.10 Å². The molecule has 1 aromatic rings. The molecule has 1 aliphatic heterocycles. The Morgan fingerprint density at radius 1 is 1.62 bits per heavy atom. The molecule has 5 heteroatoms. The Kier molecular flexibility index (Phi) is 3.56. The van der Waals surface area contributed by atoms with Crippen LogP contribution in [0, 0.1) is 0 Å². The van der Waals surface area contributed by atoms with Crippen molar-refractivity contribution in [2.75, 3.05) is 13.1 Å². The smallest absolute Gasteiger partial charge is 0.229 e. The number of rotatable bonds is 4. The lowest BCUT2D eigenvalue weighted by Crippen LogP contribution is -2.23. The molecule has 1 fully saturated rings. The number of nitrogens with zero attached hydrogens (tertiary/aromatic N) is 3. The number of aromatic nitrogens is 2. The van der Waals surface area contributed by atoms with E-state index in [-0.39, 0.29) is 0 Å². The Hall–Kier alpha value is -0.940. The molecule has 1 N–H and O–H groups in total. The first-order valence-electron chi connectivity index (χ1n) is 5.95. The van der Waals surface area contributed by atoms with Crippen molar-refractivity contribution in [2.45, 2.75) is 45.3 Å². The van der Waals surface area contributed by atoms with E-state index in [1.54, 1.807) is 6.92 Å². The van der Waals surface area contributed by atoms with Crippen LogP contribution in [0.2, 0.25) is 0 Å². The van der Waals surface area contributed by atoms with Gasteiger partial charge in [-0.2, -0.15) is 4.98 Å². The molecule has 90 valence electrons. The first-order chi connectivity index (χ1) is 7.70. The second kappa shape index (κ2) is 4.93.